The Morgan fingerprint density at radius 3 is 2.11 bits per heavy atom. The summed E-state index contributed by atoms with van der Waals surface area (Å²) < 4.78 is 10.3. The highest BCUT2D eigenvalue weighted by Crippen LogP contribution is 2.31. The number of halogens is 1. The number of hydrogen-bond acceptors (Lipinski definition) is 2. The first-order valence-electron chi connectivity index (χ1n) is 5.66. The largest absolute Gasteiger partial charge is 0.497 e. The Labute approximate surface area is 112 Å². The zero-order valence-electron chi connectivity index (χ0n) is 10.4. The first kappa shape index (κ1) is 12.8. The molecule has 18 heavy (non-hydrogen) atoms. The lowest BCUT2D eigenvalue weighted by atomic mass is 10.0. The molecular formula is C15H15ClO2. The Balaban J connectivity index is 2.25. The van der Waals surface area contributed by atoms with Crippen molar-refractivity contribution in [3.8, 4) is 11.5 Å². The molecule has 0 fully saturated rings. The number of hydrogen-bond donors (Lipinski definition) is 0. The van der Waals surface area contributed by atoms with Crippen LogP contribution in [0.4, 0.5) is 0 Å². The molecule has 3 heteroatoms. The van der Waals surface area contributed by atoms with Crippen molar-refractivity contribution in [1.29, 1.82) is 0 Å². The molecule has 0 radical (unpaired) electrons. The summed E-state index contributed by atoms with van der Waals surface area (Å²) in [5, 5.41) is -0.189. The fourth-order valence-electron chi connectivity index (χ4n) is 1.76. The summed E-state index contributed by atoms with van der Waals surface area (Å²) in [5.74, 6) is 1.64. The van der Waals surface area contributed by atoms with Gasteiger partial charge in [0.15, 0.2) is 0 Å². The summed E-state index contributed by atoms with van der Waals surface area (Å²) in [4.78, 5) is 0. The average Bonchev–Trinajstić information content (AvgIpc) is 2.46. The second-order valence-corrected chi connectivity index (χ2v) is 4.35. The van der Waals surface area contributed by atoms with Crippen molar-refractivity contribution in [2.24, 2.45) is 0 Å². The number of ether oxygens (including phenoxy) is 2. The van der Waals surface area contributed by atoms with Crippen molar-refractivity contribution in [1.82, 2.24) is 0 Å². The van der Waals surface area contributed by atoms with Gasteiger partial charge in [-0.05, 0) is 35.4 Å². The quantitative estimate of drug-likeness (QED) is 0.775. The highest BCUT2D eigenvalue weighted by atomic mass is 35.5. The minimum atomic E-state index is -0.189. The van der Waals surface area contributed by atoms with Crippen LogP contribution in [0, 0.1) is 0 Å². The monoisotopic (exact) mass is 262 g/mol. The fraction of sp³-hybridized carbons (Fsp3) is 0.200. The maximum atomic E-state index is 6.46. The van der Waals surface area contributed by atoms with Crippen LogP contribution in [0.2, 0.25) is 0 Å². The lowest BCUT2D eigenvalue weighted by molar-refractivity contribution is 0.414. The van der Waals surface area contributed by atoms with Crippen LogP contribution in [-0.4, -0.2) is 14.2 Å². The van der Waals surface area contributed by atoms with Gasteiger partial charge in [0, 0.05) is 0 Å². The number of rotatable bonds is 4. The maximum Gasteiger partial charge on any atom is 0.119 e. The molecule has 0 spiro atoms. The molecule has 0 N–H and O–H groups in total. The molecule has 1 atom stereocenters. The van der Waals surface area contributed by atoms with E-state index in [9.17, 15) is 0 Å². The highest BCUT2D eigenvalue weighted by molar-refractivity contribution is 6.22. The number of benzene rings is 2. The third-order valence-corrected chi connectivity index (χ3v) is 3.30. The molecule has 0 heterocycles. The predicted octanol–water partition coefficient (Wildman–Crippen LogP) is 4.03. The van der Waals surface area contributed by atoms with Crippen LogP contribution < -0.4 is 9.47 Å². The van der Waals surface area contributed by atoms with E-state index in [1.54, 1.807) is 14.2 Å². The molecule has 0 aliphatic heterocycles. The predicted molar refractivity (Wildman–Crippen MR) is 73.7 cm³/mol. The Hall–Kier alpha value is -1.67. The maximum absolute atomic E-state index is 6.46. The SMILES string of the molecule is COc1ccc(C(Cl)c2cccc(OC)c2)cc1. The summed E-state index contributed by atoms with van der Waals surface area (Å²) in [6, 6.07) is 15.5. The normalized spacial score (nSPS) is 11.9. The number of alkyl halides is 1. The lowest BCUT2D eigenvalue weighted by Gasteiger charge is -2.12. The zero-order chi connectivity index (χ0) is 13.0. The van der Waals surface area contributed by atoms with Crippen LogP contribution in [0.25, 0.3) is 0 Å². The van der Waals surface area contributed by atoms with Crippen molar-refractivity contribution in [3.05, 3.63) is 59.7 Å². The smallest absolute Gasteiger partial charge is 0.119 e. The van der Waals surface area contributed by atoms with Gasteiger partial charge >= 0.3 is 0 Å². The van der Waals surface area contributed by atoms with Gasteiger partial charge in [-0.1, -0.05) is 24.3 Å². The highest BCUT2D eigenvalue weighted by Gasteiger charge is 2.11. The second-order valence-electron chi connectivity index (χ2n) is 3.91. The Bertz CT molecular complexity index is 508. The first-order valence-corrected chi connectivity index (χ1v) is 6.10. The third-order valence-electron chi connectivity index (χ3n) is 2.79. The van der Waals surface area contributed by atoms with Crippen LogP contribution in [0.5, 0.6) is 11.5 Å². The molecule has 2 aromatic carbocycles. The van der Waals surface area contributed by atoms with Crippen molar-refractivity contribution >= 4 is 11.6 Å². The summed E-state index contributed by atoms with van der Waals surface area (Å²) in [6.45, 7) is 0. The molecule has 94 valence electrons. The molecule has 2 nitrogen and oxygen atoms in total. The Morgan fingerprint density at radius 1 is 0.833 bits per heavy atom. The van der Waals surface area contributed by atoms with Gasteiger partial charge in [0.1, 0.15) is 11.5 Å². The summed E-state index contributed by atoms with van der Waals surface area (Å²) in [6.07, 6.45) is 0. The summed E-state index contributed by atoms with van der Waals surface area (Å²) in [7, 11) is 3.30. The molecule has 0 aromatic heterocycles. The Kier molecular flexibility index (Phi) is 4.11. The van der Waals surface area contributed by atoms with E-state index < -0.39 is 0 Å². The molecule has 0 aliphatic carbocycles. The van der Waals surface area contributed by atoms with Crippen LogP contribution in [0.3, 0.4) is 0 Å². The topological polar surface area (TPSA) is 18.5 Å². The average molecular weight is 263 g/mol. The molecule has 0 saturated heterocycles. The standard InChI is InChI=1S/C15H15ClO2/c1-17-13-8-6-11(7-9-13)15(16)12-4-3-5-14(10-12)18-2/h3-10,15H,1-2H3. The van der Waals surface area contributed by atoms with E-state index in [1.165, 1.54) is 0 Å². The van der Waals surface area contributed by atoms with Gasteiger partial charge in [-0.15, -0.1) is 11.6 Å². The van der Waals surface area contributed by atoms with E-state index in [4.69, 9.17) is 21.1 Å². The Morgan fingerprint density at radius 2 is 1.50 bits per heavy atom. The molecule has 2 rings (SSSR count). The van der Waals surface area contributed by atoms with Gasteiger partial charge in [0.2, 0.25) is 0 Å². The second kappa shape index (κ2) is 5.78. The lowest BCUT2D eigenvalue weighted by Crippen LogP contribution is -1.94. The van der Waals surface area contributed by atoms with E-state index in [-0.39, 0.29) is 5.38 Å². The van der Waals surface area contributed by atoms with E-state index in [0.29, 0.717) is 0 Å². The van der Waals surface area contributed by atoms with Crippen LogP contribution >= 0.6 is 11.6 Å². The van der Waals surface area contributed by atoms with Crippen LogP contribution in [0.15, 0.2) is 48.5 Å². The molecule has 0 bridgehead atoms. The van der Waals surface area contributed by atoms with Gasteiger partial charge in [-0.3, -0.25) is 0 Å². The van der Waals surface area contributed by atoms with E-state index in [1.807, 2.05) is 48.5 Å². The van der Waals surface area contributed by atoms with Gasteiger partial charge < -0.3 is 9.47 Å². The van der Waals surface area contributed by atoms with E-state index in [2.05, 4.69) is 0 Å². The van der Waals surface area contributed by atoms with E-state index in [0.717, 1.165) is 22.6 Å². The molecule has 1 unspecified atom stereocenters. The fourth-order valence-corrected chi connectivity index (χ4v) is 2.05. The van der Waals surface area contributed by atoms with Crippen molar-refractivity contribution in [2.45, 2.75) is 5.38 Å². The van der Waals surface area contributed by atoms with Gasteiger partial charge in [0.05, 0.1) is 19.6 Å². The molecular weight excluding hydrogens is 248 g/mol. The van der Waals surface area contributed by atoms with Crippen LogP contribution in [0.1, 0.15) is 16.5 Å². The molecule has 0 amide bonds. The molecule has 0 aliphatic rings. The zero-order valence-corrected chi connectivity index (χ0v) is 11.1. The number of methoxy groups -OCH3 is 2. The summed E-state index contributed by atoms with van der Waals surface area (Å²) in [5.41, 5.74) is 2.05. The molecule has 2 aromatic rings. The van der Waals surface area contributed by atoms with Gasteiger partial charge in [-0.2, -0.15) is 0 Å². The van der Waals surface area contributed by atoms with Crippen LogP contribution in [-0.2, 0) is 0 Å². The minimum Gasteiger partial charge on any atom is -0.497 e. The third kappa shape index (κ3) is 2.77. The summed E-state index contributed by atoms with van der Waals surface area (Å²) >= 11 is 6.46. The van der Waals surface area contributed by atoms with Gasteiger partial charge in [-0.25, -0.2) is 0 Å². The van der Waals surface area contributed by atoms with Crippen molar-refractivity contribution in [3.63, 3.8) is 0 Å². The van der Waals surface area contributed by atoms with Gasteiger partial charge in [0.25, 0.3) is 0 Å². The first-order chi connectivity index (χ1) is 8.74. The van der Waals surface area contributed by atoms with Crippen molar-refractivity contribution < 1.29 is 9.47 Å². The van der Waals surface area contributed by atoms with Crippen molar-refractivity contribution in [2.75, 3.05) is 14.2 Å². The molecule has 0 saturated carbocycles. The van der Waals surface area contributed by atoms with E-state index >= 15 is 0 Å². The minimum absolute atomic E-state index is 0.189.